The molecule has 1 aliphatic rings. The second-order valence-electron chi connectivity index (χ2n) is 6.54. The predicted molar refractivity (Wildman–Crippen MR) is 112 cm³/mol. The van der Waals surface area contributed by atoms with Crippen LogP contribution in [0.25, 0.3) is 6.08 Å². The molecule has 3 aromatic rings. The zero-order chi connectivity index (χ0) is 21.4. The molecule has 0 atom stereocenters. The Morgan fingerprint density at radius 2 is 1.70 bits per heavy atom. The number of allylic oxidation sites excluding steroid dienone is 1. The summed E-state index contributed by atoms with van der Waals surface area (Å²) in [5.74, 6) is -0.858. The molecule has 4 rings (SSSR count). The SMILES string of the molecule is Cc1c(OC(=O)c2ccc(F)cc2)ccc2c1O/C(=C\c1c(Cl)cccc1Cl)C2=O. The Bertz CT molecular complexity index is 1200. The van der Waals surface area contributed by atoms with Crippen molar-refractivity contribution >= 4 is 41.0 Å². The molecular weight excluding hydrogens is 430 g/mol. The normalized spacial score (nSPS) is 13.9. The highest BCUT2D eigenvalue weighted by molar-refractivity contribution is 6.37. The van der Waals surface area contributed by atoms with Gasteiger partial charge in [0.2, 0.25) is 5.78 Å². The zero-order valence-corrected chi connectivity index (χ0v) is 17.1. The van der Waals surface area contributed by atoms with E-state index in [9.17, 15) is 14.0 Å². The van der Waals surface area contributed by atoms with Gasteiger partial charge in [0.05, 0.1) is 11.1 Å². The van der Waals surface area contributed by atoms with Gasteiger partial charge >= 0.3 is 5.97 Å². The fourth-order valence-electron chi connectivity index (χ4n) is 3.00. The van der Waals surface area contributed by atoms with Gasteiger partial charge in [-0.1, -0.05) is 29.3 Å². The van der Waals surface area contributed by atoms with Crippen molar-refractivity contribution < 1.29 is 23.5 Å². The molecule has 0 saturated carbocycles. The van der Waals surface area contributed by atoms with Crippen molar-refractivity contribution in [1.29, 1.82) is 0 Å². The number of Topliss-reactive ketones (excluding diaryl/α,β-unsaturated/α-hetero) is 1. The number of carbonyl (C=O) groups is 2. The Labute approximate surface area is 181 Å². The molecule has 0 fully saturated rings. The van der Waals surface area contributed by atoms with Crippen molar-refractivity contribution in [2.45, 2.75) is 6.92 Å². The van der Waals surface area contributed by atoms with Crippen molar-refractivity contribution in [3.05, 3.63) is 98.5 Å². The van der Waals surface area contributed by atoms with E-state index in [0.717, 1.165) is 0 Å². The lowest BCUT2D eigenvalue weighted by Gasteiger charge is -2.10. The molecule has 3 aromatic carbocycles. The molecule has 7 heteroatoms. The van der Waals surface area contributed by atoms with Crippen molar-refractivity contribution in [2.75, 3.05) is 0 Å². The van der Waals surface area contributed by atoms with Gasteiger partial charge in [-0.25, -0.2) is 9.18 Å². The van der Waals surface area contributed by atoms with Crippen LogP contribution in [0.4, 0.5) is 4.39 Å². The number of ether oxygens (including phenoxy) is 2. The van der Waals surface area contributed by atoms with Crippen molar-refractivity contribution in [1.82, 2.24) is 0 Å². The molecule has 0 spiro atoms. The molecule has 0 saturated heterocycles. The van der Waals surface area contributed by atoms with Crippen LogP contribution < -0.4 is 9.47 Å². The van der Waals surface area contributed by atoms with Gasteiger partial charge in [-0.15, -0.1) is 0 Å². The summed E-state index contributed by atoms with van der Waals surface area (Å²) in [6.45, 7) is 1.67. The molecule has 1 heterocycles. The Balaban J connectivity index is 1.64. The first-order chi connectivity index (χ1) is 14.3. The number of halogens is 3. The summed E-state index contributed by atoms with van der Waals surface area (Å²) in [6.07, 6.45) is 1.48. The third-order valence-electron chi connectivity index (χ3n) is 4.59. The fourth-order valence-corrected chi connectivity index (χ4v) is 3.51. The highest BCUT2D eigenvalue weighted by atomic mass is 35.5. The molecule has 0 N–H and O–H groups in total. The summed E-state index contributed by atoms with van der Waals surface area (Å²) in [5.41, 5.74) is 1.48. The molecule has 0 amide bonds. The van der Waals surface area contributed by atoms with Crippen molar-refractivity contribution in [2.24, 2.45) is 0 Å². The van der Waals surface area contributed by atoms with E-state index in [0.29, 0.717) is 32.5 Å². The Kier molecular flexibility index (Phi) is 5.33. The summed E-state index contributed by atoms with van der Waals surface area (Å²) < 4.78 is 24.2. The largest absolute Gasteiger partial charge is 0.452 e. The van der Waals surface area contributed by atoms with Gasteiger partial charge in [0, 0.05) is 21.2 Å². The van der Waals surface area contributed by atoms with E-state index in [1.54, 1.807) is 25.1 Å². The topological polar surface area (TPSA) is 52.6 Å². The van der Waals surface area contributed by atoms with E-state index in [4.69, 9.17) is 32.7 Å². The molecular formula is C23H13Cl2FO4. The fraction of sp³-hybridized carbons (Fsp3) is 0.0435. The van der Waals surface area contributed by atoms with E-state index in [2.05, 4.69) is 0 Å². The monoisotopic (exact) mass is 442 g/mol. The van der Waals surface area contributed by atoms with Crippen LogP contribution in [-0.4, -0.2) is 11.8 Å². The number of ketones is 1. The van der Waals surface area contributed by atoms with Gasteiger partial charge in [0.25, 0.3) is 0 Å². The van der Waals surface area contributed by atoms with E-state index >= 15 is 0 Å². The molecule has 150 valence electrons. The summed E-state index contributed by atoms with van der Waals surface area (Å²) in [7, 11) is 0. The third-order valence-corrected chi connectivity index (χ3v) is 5.25. The second-order valence-corrected chi connectivity index (χ2v) is 7.35. The van der Waals surface area contributed by atoms with Crippen LogP contribution in [0.15, 0.2) is 60.4 Å². The quantitative estimate of drug-likeness (QED) is 0.272. The van der Waals surface area contributed by atoms with Crippen LogP contribution in [0.5, 0.6) is 11.5 Å². The van der Waals surface area contributed by atoms with E-state index < -0.39 is 11.8 Å². The molecule has 30 heavy (non-hydrogen) atoms. The zero-order valence-electron chi connectivity index (χ0n) is 15.5. The standard InChI is InChI=1S/C23H13Cl2FO4/c1-12-19(30-23(28)13-5-7-14(26)8-6-13)10-9-15-21(27)20(29-22(12)15)11-16-17(24)3-2-4-18(16)25/h2-11H,1H3/b20-11-. The van der Waals surface area contributed by atoms with Crippen LogP contribution in [0, 0.1) is 12.7 Å². The number of rotatable bonds is 3. The molecule has 0 bridgehead atoms. The maximum absolute atomic E-state index is 13.0. The van der Waals surface area contributed by atoms with E-state index in [1.165, 1.54) is 42.5 Å². The molecule has 4 nitrogen and oxygen atoms in total. The van der Waals surface area contributed by atoms with Gasteiger partial charge in [0.15, 0.2) is 5.76 Å². The van der Waals surface area contributed by atoms with Crippen LogP contribution in [0.1, 0.15) is 31.8 Å². The highest BCUT2D eigenvalue weighted by Crippen LogP contribution is 2.40. The minimum atomic E-state index is -0.652. The van der Waals surface area contributed by atoms with Crippen LogP contribution in [0.3, 0.4) is 0 Å². The average molecular weight is 443 g/mol. The number of hydrogen-bond acceptors (Lipinski definition) is 4. The number of esters is 1. The molecule has 0 unspecified atom stereocenters. The maximum atomic E-state index is 13.0. The van der Waals surface area contributed by atoms with Gasteiger partial charge < -0.3 is 9.47 Å². The minimum absolute atomic E-state index is 0.0603. The van der Waals surface area contributed by atoms with Crippen molar-refractivity contribution in [3.63, 3.8) is 0 Å². The smallest absolute Gasteiger partial charge is 0.343 e. The first-order valence-corrected chi connectivity index (χ1v) is 9.60. The van der Waals surface area contributed by atoms with E-state index in [1.807, 2.05) is 0 Å². The first-order valence-electron chi connectivity index (χ1n) is 8.85. The second kappa shape index (κ2) is 7.94. The van der Waals surface area contributed by atoms with Gasteiger partial charge in [0.1, 0.15) is 17.3 Å². The lowest BCUT2D eigenvalue weighted by Crippen LogP contribution is -2.09. The maximum Gasteiger partial charge on any atom is 0.343 e. The Morgan fingerprint density at radius 1 is 1.03 bits per heavy atom. The minimum Gasteiger partial charge on any atom is -0.452 e. The summed E-state index contributed by atoms with van der Waals surface area (Å²) >= 11 is 12.3. The van der Waals surface area contributed by atoms with Crippen LogP contribution >= 0.6 is 23.2 Å². The molecule has 0 radical (unpaired) electrons. The summed E-state index contributed by atoms with van der Waals surface area (Å²) in [6, 6.07) is 13.0. The van der Waals surface area contributed by atoms with Gasteiger partial charge in [-0.2, -0.15) is 0 Å². The van der Waals surface area contributed by atoms with E-state index in [-0.39, 0.29) is 22.9 Å². The molecule has 0 aromatic heterocycles. The van der Waals surface area contributed by atoms with Crippen LogP contribution in [0.2, 0.25) is 10.0 Å². The number of carbonyl (C=O) groups excluding carboxylic acids is 2. The average Bonchev–Trinajstić information content (AvgIpc) is 3.04. The third kappa shape index (κ3) is 3.70. The lowest BCUT2D eigenvalue weighted by molar-refractivity contribution is 0.0733. The number of benzene rings is 3. The van der Waals surface area contributed by atoms with Crippen molar-refractivity contribution in [3.8, 4) is 11.5 Å². The number of hydrogen-bond donors (Lipinski definition) is 0. The summed E-state index contributed by atoms with van der Waals surface area (Å²) in [5, 5.41) is 0.765. The Morgan fingerprint density at radius 3 is 2.37 bits per heavy atom. The van der Waals surface area contributed by atoms with Gasteiger partial charge in [-0.05, 0) is 61.5 Å². The molecule has 0 aliphatic carbocycles. The summed E-state index contributed by atoms with van der Waals surface area (Å²) in [4.78, 5) is 25.1. The highest BCUT2D eigenvalue weighted by Gasteiger charge is 2.31. The lowest BCUT2D eigenvalue weighted by atomic mass is 10.1. The predicted octanol–water partition coefficient (Wildman–Crippen LogP) is 6.28. The number of fused-ring (bicyclic) bond motifs is 1. The van der Waals surface area contributed by atoms with Gasteiger partial charge in [-0.3, -0.25) is 4.79 Å². The first kappa shape index (κ1) is 20.1. The molecule has 1 aliphatic heterocycles. The van der Waals surface area contributed by atoms with Crippen LogP contribution in [-0.2, 0) is 0 Å². The Hall–Kier alpha value is -3.15.